The van der Waals surface area contributed by atoms with E-state index in [1.807, 2.05) is 0 Å². The van der Waals surface area contributed by atoms with Crippen molar-refractivity contribution in [1.29, 1.82) is 0 Å². The van der Waals surface area contributed by atoms with Crippen LogP contribution in [0.4, 0.5) is 4.79 Å². The smallest absolute Gasteiger partial charge is 0.438 e. The molecule has 0 radical (unpaired) electrons. The number of aryl methyl sites for hydroxylation is 1. The van der Waals surface area contributed by atoms with Crippen LogP contribution in [0.15, 0.2) is 24.3 Å². The molecule has 0 bridgehead atoms. The van der Waals surface area contributed by atoms with Crippen LogP contribution in [-0.4, -0.2) is 24.5 Å². The number of carbonyl (C=O) groups excluding carboxylic acids is 1. The van der Waals surface area contributed by atoms with Crippen LogP contribution >= 0.6 is 0 Å². The van der Waals surface area contributed by atoms with Gasteiger partial charge in [-0.2, -0.15) is 0 Å². The van der Waals surface area contributed by atoms with Crippen LogP contribution in [-0.2, 0) is 21.5 Å². The van der Waals surface area contributed by atoms with Crippen molar-refractivity contribution in [2.45, 2.75) is 89.3 Å². The Hall–Kier alpha value is -1.55. The Balaban J connectivity index is 1.77. The lowest BCUT2D eigenvalue weighted by molar-refractivity contribution is -0.0508. The van der Waals surface area contributed by atoms with Gasteiger partial charge in [-0.1, -0.05) is 63.3 Å². The molecular formula is C22H34O4. The van der Waals surface area contributed by atoms with Crippen LogP contribution in [0.5, 0.6) is 0 Å². The molecule has 4 heteroatoms. The summed E-state index contributed by atoms with van der Waals surface area (Å²) in [6.07, 6.45) is 10.7. The van der Waals surface area contributed by atoms with Gasteiger partial charge in [0, 0.05) is 0 Å². The first kappa shape index (κ1) is 20.8. The summed E-state index contributed by atoms with van der Waals surface area (Å²) in [6.45, 7) is 2.24. The molecule has 26 heavy (non-hydrogen) atoms. The predicted octanol–water partition coefficient (Wildman–Crippen LogP) is 5.50. The first-order valence-electron chi connectivity index (χ1n) is 10.1. The maximum absolute atomic E-state index is 11.2. The molecule has 1 aliphatic carbocycles. The van der Waals surface area contributed by atoms with Crippen molar-refractivity contribution in [2.75, 3.05) is 7.11 Å². The van der Waals surface area contributed by atoms with E-state index < -0.39 is 11.8 Å². The highest BCUT2D eigenvalue weighted by Crippen LogP contribution is 2.38. The highest BCUT2D eigenvalue weighted by Gasteiger charge is 2.36. The molecule has 146 valence electrons. The Morgan fingerprint density at radius 2 is 1.69 bits per heavy atom. The van der Waals surface area contributed by atoms with Gasteiger partial charge in [-0.15, -0.1) is 0 Å². The number of carbonyl (C=O) groups is 1. The molecule has 1 saturated carbocycles. The Morgan fingerprint density at radius 1 is 1.08 bits per heavy atom. The number of hydrogen-bond donors (Lipinski definition) is 1. The second kappa shape index (κ2) is 10.6. The van der Waals surface area contributed by atoms with Gasteiger partial charge in [-0.25, -0.2) is 4.79 Å². The van der Waals surface area contributed by atoms with Gasteiger partial charge >= 0.3 is 6.16 Å². The number of hydrogen-bond acceptors (Lipinski definition) is 4. The van der Waals surface area contributed by atoms with Gasteiger partial charge < -0.3 is 14.6 Å². The van der Waals surface area contributed by atoms with E-state index in [1.54, 1.807) is 0 Å². The van der Waals surface area contributed by atoms with Crippen LogP contribution in [0.3, 0.4) is 0 Å². The largest absolute Gasteiger partial charge is 0.508 e. The standard InChI is InChI=1S/C22H34O4/c1-3-4-5-6-7-8-9-18-10-12-19(13-11-18)22(24)16-14-20(15-17-22)26-21(23)25-2/h10-13,20,24H,3-9,14-17H2,1-2H3. The number of benzene rings is 1. The SMILES string of the molecule is CCCCCCCCc1ccc(C2(O)CCC(OC(=O)OC)CC2)cc1. The van der Waals surface area contributed by atoms with Gasteiger partial charge in [0.15, 0.2) is 0 Å². The van der Waals surface area contributed by atoms with E-state index in [4.69, 9.17) is 4.74 Å². The van der Waals surface area contributed by atoms with Crippen molar-refractivity contribution >= 4 is 6.16 Å². The maximum Gasteiger partial charge on any atom is 0.508 e. The normalized spacial score (nSPS) is 22.8. The number of methoxy groups -OCH3 is 1. The van der Waals surface area contributed by atoms with E-state index in [2.05, 4.69) is 35.9 Å². The lowest BCUT2D eigenvalue weighted by Crippen LogP contribution is -2.35. The molecule has 0 unspecified atom stereocenters. The first-order chi connectivity index (χ1) is 12.6. The summed E-state index contributed by atoms with van der Waals surface area (Å²) in [5.74, 6) is 0. The average molecular weight is 363 g/mol. The molecule has 2 rings (SSSR count). The first-order valence-corrected chi connectivity index (χ1v) is 10.1. The zero-order valence-corrected chi connectivity index (χ0v) is 16.3. The summed E-state index contributed by atoms with van der Waals surface area (Å²) in [5, 5.41) is 11.0. The van der Waals surface area contributed by atoms with Crippen LogP contribution in [0, 0.1) is 0 Å². The summed E-state index contributed by atoms with van der Waals surface area (Å²) in [7, 11) is 1.31. The average Bonchev–Trinajstić information content (AvgIpc) is 2.67. The fourth-order valence-corrected chi connectivity index (χ4v) is 3.75. The lowest BCUT2D eigenvalue weighted by Gasteiger charge is -2.36. The van der Waals surface area contributed by atoms with Crippen LogP contribution in [0.2, 0.25) is 0 Å². The van der Waals surface area contributed by atoms with E-state index in [0.29, 0.717) is 25.7 Å². The number of unbranched alkanes of at least 4 members (excludes halogenated alkanes) is 5. The topological polar surface area (TPSA) is 55.8 Å². The number of ether oxygens (including phenoxy) is 2. The fraction of sp³-hybridized carbons (Fsp3) is 0.682. The van der Waals surface area contributed by atoms with Gasteiger partial charge in [0.25, 0.3) is 0 Å². The molecule has 0 atom stereocenters. The molecule has 0 saturated heterocycles. The van der Waals surface area contributed by atoms with Crippen molar-refractivity contribution in [2.24, 2.45) is 0 Å². The molecular weight excluding hydrogens is 328 g/mol. The van der Waals surface area contributed by atoms with E-state index in [9.17, 15) is 9.90 Å². The quantitative estimate of drug-likeness (QED) is 0.465. The number of aliphatic hydroxyl groups is 1. The highest BCUT2D eigenvalue weighted by atomic mass is 16.7. The predicted molar refractivity (Wildman–Crippen MR) is 103 cm³/mol. The molecule has 1 fully saturated rings. The maximum atomic E-state index is 11.2. The Morgan fingerprint density at radius 3 is 2.31 bits per heavy atom. The fourth-order valence-electron chi connectivity index (χ4n) is 3.75. The van der Waals surface area contributed by atoms with Gasteiger partial charge in [0.05, 0.1) is 12.7 Å². The second-order valence-corrected chi connectivity index (χ2v) is 7.52. The zero-order chi connectivity index (χ0) is 18.8. The van der Waals surface area contributed by atoms with E-state index in [0.717, 1.165) is 12.0 Å². The molecule has 0 aromatic heterocycles. The third-order valence-electron chi connectivity index (χ3n) is 5.50. The minimum Gasteiger partial charge on any atom is -0.438 e. The van der Waals surface area contributed by atoms with E-state index in [-0.39, 0.29) is 6.10 Å². The van der Waals surface area contributed by atoms with Crippen LogP contribution < -0.4 is 0 Å². The molecule has 1 N–H and O–H groups in total. The summed E-state index contributed by atoms with van der Waals surface area (Å²) in [4.78, 5) is 11.2. The van der Waals surface area contributed by atoms with Crippen molar-refractivity contribution in [3.05, 3.63) is 35.4 Å². The van der Waals surface area contributed by atoms with Crippen LogP contribution in [0.1, 0.15) is 82.3 Å². The summed E-state index contributed by atoms with van der Waals surface area (Å²) in [6, 6.07) is 8.43. The van der Waals surface area contributed by atoms with E-state index in [1.165, 1.54) is 51.2 Å². The Labute approximate surface area is 157 Å². The minimum atomic E-state index is -0.811. The van der Waals surface area contributed by atoms with Crippen molar-refractivity contribution in [1.82, 2.24) is 0 Å². The third kappa shape index (κ3) is 6.31. The summed E-state index contributed by atoms with van der Waals surface area (Å²) in [5.41, 5.74) is 1.51. The van der Waals surface area contributed by atoms with Gasteiger partial charge in [-0.05, 0) is 49.7 Å². The van der Waals surface area contributed by atoms with Gasteiger partial charge in [0.1, 0.15) is 6.10 Å². The molecule has 0 spiro atoms. The molecule has 1 aromatic rings. The molecule has 1 aliphatic rings. The molecule has 0 aliphatic heterocycles. The van der Waals surface area contributed by atoms with Crippen molar-refractivity contribution in [3.63, 3.8) is 0 Å². The second-order valence-electron chi connectivity index (χ2n) is 7.52. The molecule has 0 amide bonds. The molecule has 0 heterocycles. The van der Waals surface area contributed by atoms with E-state index >= 15 is 0 Å². The molecule has 4 nitrogen and oxygen atoms in total. The highest BCUT2D eigenvalue weighted by molar-refractivity contribution is 5.59. The summed E-state index contributed by atoms with van der Waals surface area (Å²) < 4.78 is 9.73. The Kier molecular flexibility index (Phi) is 8.43. The van der Waals surface area contributed by atoms with Crippen LogP contribution in [0.25, 0.3) is 0 Å². The van der Waals surface area contributed by atoms with Gasteiger partial charge in [0.2, 0.25) is 0 Å². The molecule has 1 aromatic carbocycles. The number of rotatable bonds is 9. The summed E-state index contributed by atoms with van der Waals surface area (Å²) >= 11 is 0. The van der Waals surface area contributed by atoms with Gasteiger partial charge in [-0.3, -0.25) is 0 Å². The zero-order valence-electron chi connectivity index (χ0n) is 16.3. The van der Waals surface area contributed by atoms with Crippen molar-refractivity contribution in [3.8, 4) is 0 Å². The lowest BCUT2D eigenvalue weighted by atomic mass is 9.78. The van der Waals surface area contributed by atoms with Crippen molar-refractivity contribution < 1.29 is 19.4 Å². The minimum absolute atomic E-state index is 0.158. The monoisotopic (exact) mass is 362 g/mol. The third-order valence-corrected chi connectivity index (χ3v) is 5.50. The Bertz CT molecular complexity index is 530.